The molecule has 0 N–H and O–H groups in total. The zero-order valence-corrected chi connectivity index (χ0v) is 6.89. The van der Waals surface area contributed by atoms with Crippen LogP contribution in [0.4, 0.5) is 0 Å². The molecule has 0 spiro atoms. The van der Waals surface area contributed by atoms with E-state index in [0.717, 1.165) is 0 Å². The van der Waals surface area contributed by atoms with Gasteiger partial charge in [0.15, 0.2) is 0 Å². The van der Waals surface area contributed by atoms with Crippen LogP contribution in [0.25, 0.3) is 0 Å². The van der Waals surface area contributed by atoms with Gasteiger partial charge in [0.1, 0.15) is 0 Å². The van der Waals surface area contributed by atoms with Crippen molar-refractivity contribution >= 4 is 16.3 Å². The van der Waals surface area contributed by atoms with E-state index in [2.05, 4.69) is 23.2 Å². The molecule has 0 atom stereocenters. The molecule has 0 saturated heterocycles. The molecular weight excluding hydrogens is 101 g/mol. The van der Waals surface area contributed by atoms with Gasteiger partial charge in [-0.1, -0.05) is 0 Å². The van der Waals surface area contributed by atoms with Crippen molar-refractivity contribution in [3.63, 3.8) is 0 Å². The minimum Gasteiger partial charge on any atom is -1.00 e. The molecule has 0 amide bonds. The molecule has 2 heteroatoms. The number of nitrogens with zero attached hydrogens (tertiary/aromatic N) is 1. The second kappa shape index (κ2) is 9.70. The Morgan fingerprint density at radius 1 is 1.43 bits per heavy atom. The van der Waals surface area contributed by atoms with Crippen molar-refractivity contribution in [1.82, 2.24) is 4.90 Å². The van der Waals surface area contributed by atoms with E-state index in [9.17, 15) is 0 Å². The smallest absolute Gasteiger partial charge is 1.00 e. The molecule has 7 heavy (non-hydrogen) atoms. The van der Waals surface area contributed by atoms with Crippen molar-refractivity contribution in [2.24, 2.45) is 0 Å². The van der Waals surface area contributed by atoms with E-state index in [-0.39, 0.29) is 2.85 Å². The standard InChI is InChI=1S/C3H9N.C2H5.Al.2H/c1-4(2)3;1-2;;;/h1-3H3;1H2,2H3;;;/q;;+2;2*-1. The summed E-state index contributed by atoms with van der Waals surface area (Å²) in [6, 6.07) is 0. The van der Waals surface area contributed by atoms with Gasteiger partial charge in [0, 0.05) is 0 Å². The topological polar surface area (TPSA) is 3.24 Å². The van der Waals surface area contributed by atoms with Crippen LogP contribution in [0, 0.1) is 0 Å². The van der Waals surface area contributed by atoms with Crippen LogP contribution >= 0.6 is 0 Å². The van der Waals surface area contributed by atoms with Crippen LogP contribution in [0.15, 0.2) is 0 Å². The Labute approximate surface area is 58.1 Å². The second-order valence-electron chi connectivity index (χ2n) is 1.75. The van der Waals surface area contributed by atoms with Gasteiger partial charge >= 0.3 is 28.5 Å². The Morgan fingerprint density at radius 3 is 1.43 bits per heavy atom. The van der Waals surface area contributed by atoms with E-state index >= 15 is 0 Å². The molecular formula is C5H16AlN. The van der Waals surface area contributed by atoms with Gasteiger partial charge in [0.25, 0.3) is 0 Å². The third-order valence-corrected chi connectivity index (χ3v) is 0. The molecule has 0 heterocycles. The molecule has 0 aromatic rings. The molecule has 0 fully saturated rings. The van der Waals surface area contributed by atoms with E-state index in [1.165, 1.54) is 5.28 Å². The average molecular weight is 117 g/mol. The molecule has 0 unspecified atom stereocenters. The first-order valence-corrected chi connectivity index (χ1v) is 3.27. The third-order valence-electron chi connectivity index (χ3n) is 0. The summed E-state index contributed by atoms with van der Waals surface area (Å²) in [6.45, 7) is 2.09. The Hall–Kier alpha value is 0.492. The molecule has 0 radical (unpaired) electrons. The summed E-state index contributed by atoms with van der Waals surface area (Å²) in [6.07, 6.45) is 0. The van der Waals surface area contributed by atoms with Gasteiger partial charge in [-0.15, -0.1) is 0 Å². The van der Waals surface area contributed by atoms with Gasteiger partial charge in [0.05, 0.1) is 0 Å². The normalized spacial score (nSPS) is 7.86. The van der Waals surface area contributed by atoms with E-state index < -0.39 is 0 Å². The van der Waals surface area contributed by atoms with Crippen LogP contribution in [-0.2, 0) is 0 Å². The molecule has 44 valence electrons. The van der Waals surface area contributed by atoms with E-state index in [4.69, 9.17) is 0 Å². The number of rotatable bonds is 0. The quantitative estimate of drug-likeness (QED) is 0.428. The molecule has 0 rings (SSSR count). The molecule has 0 saturated carbocycles. The van der Waals surface area contributed by atoms with Gasteiger partial charge in [-0.05, 0) is 21.1 Å². The largest absolute Gasteiger partial charge is 1.00 e. The predicted octanol–water partition coefficient (Wildman–Crippen LogP) is 0.996. The summed E-state index contributed by atoms with van der Waals surface area (Å²) >= 11 is 2.58. The third kappa shape index (κ3) is 540. The number of hydrogen-bond donors (Lipinski definition) is 0. The van der Waals surface area contributed by atoms with Crippen LogP contribution in [0.2, 0.25) is 5.28 Å². The summed E-state index contributed by atoms with van der Waals surface area (Å²) in [5.74, 6) is 0. The fourth-order valence-corrected chi connectivity index (χ4v) is 0. The van der Waals surface area contributed by atoms with Crippen LogP contribution in [0.1, 0.15) is 9.78 Å². The predicted molar refractivity (Wildman–Crippen MR) is 38.1 cm³/mol. The van der Waals surface area contributed by atoms with E-state index in [0.29, 0.717) is 0 Å². The molecule has 0 aliphatic rings. The van der Waals surface area contributed by atoms with Crippen molar-refractivity contribution in [2.45, 2.75) is 12.2 Å². The summed E-state index contributed by atoms with van der Waals surface area (Å²) in [4.78, 5) is 2.00. The summed E-state index contributed by atoms with van der Waals surface area (Å²) < 4.78 is 0. The van der Waals surface area contributed by atoms with Gasteiger partial charge < -0.3 is 7.75 Å². The first-order chi connectivity index (χ1) is 3.15. The minimum absolute atomic E-state index is 0. The fraction of sp³-hybridized carbons (Fsp3) is 1.00. The summed E-state index contributed by atoms with van der Waals surface area (Å²) in [5, 5.41) is 1.17. The van der Waals surface area contributed by atoms with E-state index in [1.54, 1.807) is 0 Å². The molecule has 0 aromatic carbocycles. The van der Waals surface area contributed by atoms with Crippen LogP contribution in [0.5, 0.6) is 0 Å². The first kappa shape index (κ1) is 10.5. The maximum Gasteiger partial charge on any atom is -1.00 e. The van der Waals surface area contributed by atoms with Crippen molar-refractivity contribution in [1.29, 1.82) is 0 Å². The Bertz CT molecular complexity index is 26.2. The van der Waals surface area contributed by atoms with Crippen molar-refractivity contribution in [2.75, 3.05) is 21.1 Å². The van der Waals surface area contributed by atoms with Crippen molar-refractivity contribution < 1.29 is 2.85 Å². The van der Waals surface area contributed by atoms with Crippen LogP contribution < -0.4 is 0 Å². The maximum absolute atomic E-state index is 2.58. The zero-order chi connectivity index (χ0) is 6.28. The Morgan fingerprint density at radius 2 is 1.43 bits per heavy atom. The Kier molecular flexibility index (Phi) is 14.5. The SMILES string of the molecule is CN(C)C.C[CH2][Al+2].[H-].[H-]. The van der Waals surface area contributed by atoms with E-state index in [1.807, 2.05) is 26.0 Å². The van der Waals surface area contributed by atoms with Gasteiger partial charge in [-0.3, -0.25) is 0 Å². The summed E-state index contributed by atoms with van der Waals surface area (Å²) in [5.41, 5.74) is 0. The summed E-state index contributed by atoms with van der Waals surface area (Å²) in [7, 11) is 6.00. The van der Waals surface area contributed by atoms with Gasteiger partial charge in [-0.25, -0.2) is 0 Å². The fourth-order valence-electron chi connectivity index (χ4n) is 0. The average Bonchev–Trinajstić information content (AvgIpc) is 1.33. The first-order valence-electron chi connectivity index (χ1n) is 2.46. The Balaban J connectivity index is -0.0000000233. The monoisotopic (exact) mass is 117 g/mol. The molecule has 1 nitrogen and oxygen atoms in total. The molecule has 0 aliphatic carbocycles. The van der Waals surface area contributed by atoms with Gasteiger partial charge in [0.2, 0.25) is 0 Å². The number of hydrogen-bond acceptors (Lipinski definition) is 1. The van der Waals surface area contributed by atoms with Crippen molar-refractivity contribution in [3.8, 4) is 0 Å². The zero-order valence-electron chi connectivity index (χ0n) is 7.73. The van der Waals surface area contributed by atoms with Crippen LogP contribution in [-0.4, -0.2) is 42.3 Å². The van der Waals surface area contributed by atoms with Gasteiger partial charge in [-0.2, -0.15) is 0 Å². The molecule has 0 bridgehead atoms. The minimum atomic E-state index is 0. The maximum atomic E-state index is 2.58. The second-order valence-corrected chi connectivity index (χ2v) is 2.57. The molecule has 0 aromatic heterocycles. The van der Waals surface area contributed by atoms with Crippen molar-refractivity contribution in [3.05, 3.63) is 0 Å². The van der Waals surface area contributed by atoms with Crippen LogP contribution in [0.3, 0.4) is 0 Å². The molecule has 0 aliphatic heterocycles.